The molecule has 1 aliphatic carbocycles. The van der Waals surface area contributed by atoms with E-state index < -0.39 is 11.6 Å². The number of benzene rings is 2. The van der Waals surface area contributed by atoms with Crippen molar-refractivity contribution in [3.05, 3.63) is 71.3 Å². The first-order chi connectivity index (χ1) is 11.6. The molecule has 0 aromatic heterocycles. The molecular weight excluding hydrogens is 312 g/mol. The summed E-state index contributed by atoms with van der Waals surface area (Å²) in [6.45, 7) is 0.527. The SMILES string of the molecule is O=C(C1CC1c1ccc(F)cc1F)N(CCO)Cc1ccccc1. The van der Waals surface area contributed by atoms with Gasteiger partial charge in [0, 0.05) is 25.1 Å². The van der Waals surface area contributed by atoms with Crippen molar-refractivity contribution in [3.63, 3.8) is 0 Å². The van der Waals surface area contributed by atoms with Gasteiger partial charge in [0.05, 0.1) is 6.61 Å². The maximum Gasteiger partial charge on any atom is 0.226 e. The van der Waals surface area contributed by atoms with E-state index >= 15 is 0 Å². The molecule has 126 valence electrons. The largest absolute Gasteiger partial charge is 0.395 e. The molecule has 1 fully saturated rings. The van der Waals surface area contributed by atoms with Crippen LogP contribution >= 0.6 is 0 Å². The fraction of sp³-hybridized carbons (Fsp3) is 0.316. The van der Waals surface area contributed by atoms with Crippen LogP contribution in [0.15, 0.2) is 48.5 Å². The van der Waals surface area contributed by atoms with Crippen LogP contribution in [0.1, 0.15) is 23.5 Å². The van der Waals surface area contributed by atoms with Crippen LogP contribution in [-0.4, -0.2) is 29.1 Å². The fourth-order valence-electron chi connectivity index (χ4n) is 3.04. The number of carbonyl (C=O) groups is 1. The van der Waals surface area contributed by atoms with Gasteiger partial charge in [0.15, 0.2) is 0 Å². The van der Waals surface area contributed by atoms with Crippen LogP contribution in [0.25, 0.3) is 0 Å². The maximum atomic E-state index is 13.9. The number of aliphatic hydroxyl groups excluding tert-OH is 1. The Hall–Kier alpha value is -2.27. The number of hydrogen-bond acceptors (Lipinski definition) is 2. The van der Waals surface area contributed by atoms with Crippen LogP contribution in [0, 0.1) is 17.6 Å². The minimum Gasteiger partial charge on any atom is -0.395 e. The van der Waals surface area contributed by atoms with E-state index in [-0.39, 0.29) is 30.9 Å². The number of rotatable bonds is 6. The average molecular weight is 331 g/mol. The third kappa shape index (κ3) is 3.62. The highest BCUT2D eigenvalue weighted by molar-refractivity contribution is 5.83. The lowest BCUT2D eigenvalue weighted by Gasteiger charge is -2.22. The van der Waals surface area contributed by atoms with Crippen molar-refractivity contribution in [1.82, 2.24) is 4.90 Å². The molecule has 5 heteroatoms. The molecule has 2 aromatic carbocycles. The van der Waals surface area contributed by atoms with Gasteiger partial charge in [-0.05, 0) is 29.5 Å². The topological polar surface area (TPSA) is 40.5 Å². The Morgan fingerprint density at radius 3 is 2.58 bits per heavy atom. The standard InChI is InChI=1S/C19H19F2NO2/c20-14-6-7-15(18(21)10-14)16-11-17(16)19(24)22(8-9-23)12-13-4-2-1-3-5-13/h1-7,10,16-17,23H,8-9,11-12H2. The number of aliphatic hydroxyl groups is 1. The van der Waals surface area contributed by atoms with Gasteiger partial charge >= 0.3 is 0 Å². The Morgan fingerprint density at radius 2 is 1.92 bits per heavy atom. The highest BCUT2D eigenvalue weighted by Crippen LogP contribution is 2.49. The zero-order chi connectivity index (χ0) is 17.1. The van der Waals surface area contributed by atoms with Crippen LogP contribution < -0.4 is 0 Å². The van der Waals surface area contributed by atoms with Crippen molar-refractivity contribution in [2.45, 2.75) is 18.9 Å². The molecule has 2 unspecified atom stereocenters. The van der Waals surface area contributed by atoms with Gasteiger partial charge in [-0.25, -0.2) is 8.78 Å². The zero-order valence-electron chi connectivity index (χ0n) is 13.2. The second kappa shape index (κ2) is 7.09. The molecule has 3 nitrogen and oxygen atoms in total. The van der Waals surface area contributed by atoms with Crippen molar-refractivity contribution in [2.24, 2.45) is 5.92 Å². The van der Waals surface area contributed by atoms with Crippen molar-refractivity contribution in [2.75, 3.05) is 13.2 Å². The van der Waals surface area contributed by atoms with Gasteiger partial charge in [-0.3, -0.25) is 4.79 Å². The highest BCUT2D eigenvalue weighted by Gasteiger charge is 2.46. The minimum absolute atomic E-state index is 0.0957. The van der Waals surface area contributed by atoms with Crippen molar-refractivity contribution < 1.29 is 18.7 Å². The summed E-state index contributed by atoms with van der Waals surface area (Å²) < 4.78 is 26.9. The maximum absolute atomic E-state index is 13.9. The Balaban J connectivity index is 1.70. The van der Waals surface area contributed by atoms with Crippen molar-refractivity contribution in [3.8, 4) is 0 Å². The number of amides is 1. The molecule has 0 radical (unpaired) electrons. The zero-order valence-corrected chi connectivity index (χ0v) is 13.2. The molecule has 3 rings (SSSR count). The van der Waals surface area contributed by atoms with Gasteiger partial charge in [0.2, 0.25) is 5.91 Å². The summed E-state index contributed by atoms with van der Waals surface area (Å²) >= 11 is 0. The number of carbonyl (C=O) groups excluding carboxylic acids is 1. The van der Waals surface area contributed by atoms with Crippen LogP contribution in [0.4, 0.5) is 8.78 Å². The molecule has 2 atom stereocenters. The molecule has 0 bridgehead atoms. The van der Waals surface area contributed by atoms with E-state index in [1.807, 2.05) is 30.3 Å². The summed E-state index contributed by atoms with van der Waals surface area (Å²) in [4.78, 5) is 14.3. The monoisotopic (exact) mass is 331 g/mol. The van der Waals surface area contributed by atoms with Gasteiger partial charge in [-0.1, -0.05) is 36.4 Å². The van der Waals surface area contributed by atoms with Crippen LogP contribution in [0.2, 0.25) is 0 Å². The predicted molar refractivity (Wildman–Crippen MR) is 86.2 cm³/mol. The molecule has 1 amide bonds. The first-order valence-electron chi connectivity index (χ1n) is 7.98. The van der Waals surface area contributed by atoms with Crippen LogP contribution in [-0.2, 0) is 11.3 Å². The first-order valence-corrected chi connectivity index (χ1v) is 7.98. The predicted octanol–water partition coefficient (Wildman–Crippen LogP) is 3.09. The summed E-state index contributed by atoms with van der Waals surface area (Å²) in [5, 5.41) is 9.23. The lowest BCUT2D eigenvalue weighted by molar-refractivity contribution is -0.133. The number of nitrogens with zero attached hydrogens (tertiary/aromatic N) is 1. The second-order valence-corrected chi connectivity index (χ2v) is 6.08. The summed E-state index contributed by atoms with van der Waals surface area (Å²) in [5.74, 6) is -1.84. The Kier molecular flexibility index (Phi) is 4.90. The van der Waals surface area contributed by atoms with E-state index in [2.05, 4.69) is 0 Å². The third-order valence-corrected chi connectivity index (χ3v) is 4.37. The van der Waals surface area contributed by atoms with E-state index in [0.29, 0.717) is 18.5 Å². The van der Waals surface area contributed by atoms with Crippen LogP contribution in [0.3, 0.4) is 0 Å². The summed E-state index contributed by atoms with van der Waals surface area (Å²) in [7, 11) is 0. The molecule has 24 heavy (non-hydrogen) atoms. The van der Waals surface area contributed by atoms with Gasteiger partial charge in [0.1, 0.15) is 11.6 Å². The van der Waals surface area contributed by atoms with Crippen molar-refractivity contribution in [1.29, 1.82) is 0 Å². The molecule has 0 saturated heterocycles. The Morgan fingerprint density at radius 1 is 1.17 bits per heavy atom. The average Bonchev–Trinajstić information content (AvgIpc) is 3.35. The molecule has 0 spiro atoms. The molecule has 0 aliphatic heterocycles. The molecular formula is C19H19F2NO2. The summed E-state index contributed by atoms with van der Waals surface area (Å²) in [6, 6.07) is 13.0. The van der Waals surface area contributed by atoms with E-state index in [4.69, 9.17) is 0 Å². The van der Waals surface area contributed by atoms with Crippen molar-refractivity contribution >= 4 is 5.91 Å². The van der Waals surface area contributed by atoms with Gasteiger partial charge in [-0.2, -0.15) is 0 Å². The third-order valence-electron chi connectivity index (χ3n) is 4.37. The van der Waals surface area contributed by atoms with E-state index in [9.17, 15) is 18.7 Å². The molecule has 1 N–H and O–H groups in total. The molecule has 0 heterocycles. The normalized spacial score (nSPS) is 19.1. The highest BCUT2D eigenvalue weighted by atomic mass is 19.1. The Bertz CT molecular complexity index is 721. The Labute approximate surface area is 139 Å². The van der Waals surface area contributed by atoms with Crippen LogP contribution in [0.5, 0.6) is 0 Å². The van der Waals surface area contributed by atoms with E-state index in [1.54, 1.807) is 4.90 Å². The minimum atomic E-state index is -0.620. The quantitative estimate of drug-likeness (QED) is 0.884. The molecule has 1 saturated carbocycles. The lowest BCUT2D eigenvalue weighted by atomic mass is 10.1. The summed E-state index contributed by atoms with van der Waals surface area (Å²) in [5.41, 5.74) is 1.36. The lowest BCUT2D eigenvalue weighted by Crippen LogP contribution is -2.34. The molecule has 2 aromatic rings. The van der Waals surface area contributed by atoms with E-state index in [1.165, 1.54) is 12.1 Å². The van der Waals surface area contributed by atoms with E-state index in [0.717, 1.165) is 11.6 Å². The van der Waals surface area contributed by atoms with Gasteiger partial charge in [0.25, 0.3) is 0 Å². The van der Waals surface area contributed by atoms with Gasteiger partial charge < -0.3 is 10.0 Å². The molecule has 1 aliphatic rings. The second-order valence-electron chi connectivity index (χ2n) is 6.08. The first kappa shape index (κ1) is 16.6. The van der Waals surface area contributed by atoms with Gasteiger partial charge in [-0.15, -0.1) is 0 Å². The summed E-state index contributed by atoms with van der Waals surface area (Å²) in [6.07, 6.45) is 0.554. The number of hydrogen-bond donors (Lipinski definition) is 1. The smallest absolute Gasteiger partial charge is 0.226 e. The number of halogens is 2. The fourth-order valence-corrected chi connectivity index (χ4v) is 3.04.